The zero-order valence-corrected chi connectivity index (χ0v) is 13.5. The molecule has 0 saturated heterocycles. The molecule has 3 aromatic rings. The van der Waals surface area contributed by atoms with E-state index in [0.29, 0.717) is 11.4 Å². The standard InChI is InChI=1S/C19H17N3O2/c1-12-8-9-15(10-13(12)2)20-18(23)16-11-17(21-22-19(16)24)14-6-4-3-5-7-14/h3-11H,1-2H3,(H,20,23)(H,22,24). The molecule has 1 amide bonds. The van der Waals surface area contributed by atoms with Gasteiger partial charge in [-0.3, -0.25) is 9.59 Å². The smallest absolute Gasteiger partial charge is 0.277 e. The first-order valence-corrected chi connectivity index (χ1v) is 7.58. The molecule has 5 nitrogen and oxygen atoms in total. The molecule has 0 radical (unpaired) electrons. The van der Waals surface area contributed by atoms with Gasteiger partial charge < -0.3 is 5.32 Å². The Hall–Kier alpha value is -3.21. The van der Waals surface area contributed by atoms with Gasteiger partial charge in [-0.25, -0.2) is 5.10 Å². The van der Waals surface area contributed by atoms with E-state index < -0.39 is 11.5 Å². The van der Waals surface area contributed by atoms with E-state index in [1.54, 1.807) is 0 Å². The van der Waals surface area contributed by atoms with E-state index in [-0.39, 0.29) is 5.56 Å². The van der Waals surface area contributed by atoms with Gasteiger partial charge in [0.2, 0.25) is 0 Å². The van der Waals surface area contributed by atoms with Gasteiger partial charge in [-0.2, -0.15) is 5.10 Å². The van der Waals surface area contributed by atoms with Crippen molar-refractivity contribution >= 4 is 11.6 Å². The van der Waals surface area contributed by atoms with Crippen molar-refractivity contribution in [3.8, 4) is 11.3 Å². The molecule has 0 aliphatic carbocycles. The number of hydrogen-bond donors (Lipinski definition) is 2. The maximum absolute atomic E-state index is 12.5. The van der Waals surface area contributed by atoms with E-state index >= 15 is 0 Å². The lowest BCUT2D eigenvalue weighted by Gasteiger charge is -2.08. The van der Waals surface area contributed by atoms with Crippen molar-refractivity contribution < 1.29 is 4.79 Å². The maximum atomic E-state index is 12.5. The van der Waals surface area contributed by atoms with Crippen molar-refractivity contribution in [1.82, 2.24) is 10.2 Å². The fourth-order valence-electron chi connectivity index (χ4n) is 2.35. The van der Waals surface area contributed by atoms with Crippen molar-refractivity contribution in [1.29, 1.82) is 0 Å². The van der Waals surface area contributed by atoms with Crippen LogP contribution in [0.1, 0.15) is 21.5 Å². The Morgan fingerprint density at radius 2 is 1.75 bits per heavy atom. The Morgan fingerprint density at radius 3 is 2.46 bits per heavy atom. The molecular weight excluding hydrogens is 302 g/mol. The SMILES string of the molecule is Cc1ccc(NC(=O)c2cc(-c3ccccc3)n[nH]c2=O)cc1C. The summed E-state index contributed by atoms with van der Waals surface area (Å²) in [5.41, 5.74) is 3.75. The summed E-state index contributed by atoms with van der Waals surface area (Å²) in [6.07, 6.45) is 0. The largest absolute Gasteiger partial charge is 0.322 e. The molecule has 0 spiro atoms. The van der Waals surface area contributed by atoms with Crippen LogP contribution in [-0.4, -0.2) is 16.1 Å². The second-order valence-electron chi connectivity index (χ2n) is 5.62. The van der Waals surface area contributed by atoms with Gasteiger partial charge in [-0.05, 0) is 43.2 Å². The van der Waals surface area contributed by atoms with Gasteiger partial charge in [0, 0.05) is 11.3 Å². The fraction of sp³-hybridized carbons (Fsp3) is 0.105. The third-order valence-electron chi connectivity index (χ3n) is 3.88. The number of carbonyl (C=O) groups excluding carboxylic acids is 1. The van der Waals surface area contributed by atoms with Gasteiger partial charge >= 0.3 is 0 Å². The Balaban J connectivity index is 1.92. The van der Waals surface area contributed by atoms with Crippen LogP contribution < -0.4 is 10.9 Å². The summed E-state index contributed by atoms with van der Waals surface area (Å²) < 4.78 is 0. The Labute approximate surface area is 139 Å². The Bertz CT molecular complexity index is 946. The summed E-state index contributed by atoms with van der Waals surface area (Å²) in [7, 11) is 0. The van der Waals surface area contributed by atoms with Gasteiger partial charge in [-0.1, -0.05) is 36.4 Å². The van der Waals surface area contributed by atoms with Gasteiger partial charge in [0.25, 0.3) is 11.5 Å². The van der Waals surface area contributed by atoms with E-state index in [2.05, 4.69) is 15.5 Å². The lowest BCUT2D eigenvalue weighted by atomic mass is 10.1. The highest BCUT2D eigenvalue weighted by molar-refractivity contribution is 6.04. The molecule has 0 saturated carbocycles. The highest BCUT2D eigenvalue weighted by Crippen LogP contribution is 2.17. The van der Waals surface area contributed by atoms with Gasteiger partial charge in [0.15, 0.2) is 0 Å². The van der Waals surface area contributed by atoms with Crippen LogP contribution in [0.5, 0.6) is 0 Å². The molecule has 0 aliphatic rings. The topological polar surface area (TPSA) is 74.8 Å². The summed E-state index contributed by atoms with van der Waals surface area (Å²) in [5, 5.41) is 9.15. The maximum Gasteiger partial charge on any atom is 0.277 e. The van der Waals surface area contributed by atoms with Gasteiger partial charge in [-0.15, -0.1) is 0 Å². The molecule has 3 rings (SSSR count). The molecule has 1 aromatic heterocycles. The number of benzene rings is 2. The molecule has 5 heteroatoms. The first kappa shape index (κ1) is 15.7. The summed E-state index contributed by atoms with van der Waals surface area (Å²) in [6, 6.07) is 16.5. The lowest BCUT2D eigenvalue weighted by Crippen LogP contribution is -2.24. The van der Waals surface area contributed by atoms with Crippen LogP contribution in [-0.2, 0) is 0 Å². The summed E-state index contributed by atoms with van der Waals surface area (Å²) in [5.74, 6) is -0.459. The predicted molar refractivity (Wildman–Crippen MR) is 94.2 cm³/mol. The number of amides is 1. The number of hydrogen-bond acceptors (Lipinski definition) is 3. The molecule has 0 bridgehead atoms. The molecule has 0 fully saturated rings. The van der Waals surface area contributed by atoms with Crippen LogP contribution in [0.4, 0.5) is 5.69 Å². The van der Waals surface area contributed by atoms with E-state index in [1.807, 2.05) is 62.4 Å². The minimum atomic E-state index is -0.518. The van der Waals surface area contributed by atoms with Crippen molar-refractivity contribution in [3.05, 3.63) is 81.6 Å². The number of aryl methyl sites for hydroxylation is 2. The average Bonchev–Trinajstić information content (AvgIpc) is 2.59. The van der Waals surface area contributed by atoms with Gasteiger partial charge in [0.05, 0.1) is 5.69 Å². The highest BCUT2D eigenvalue weighted by atomic mass is 16.2. The predicted octanol–water partition coefficient (Wildman–Crippen LogP) is 3.31. The number of anilines is 1. The summed E-state index contributed by atoms with van der Waals surface area (Å²) >= 11 is 0. The molecule has 0 atom stereocenters. The van der Waals surface area contributed by atoms with Crippen molar-refractivity contribution in [3.63, 3.8) is 0 Å². The number of nitrogens with zero attached hydrogens (tertiary/aromatic N) is 1. The lowest BCUT2D eigenvalue weighted by molar-refractivity contribution is 0.102. The zero-order valence-electron chi connectivity index (χ0n) is 13.5. The van der Waals surface area contributed by atoms with Crippen molar-refractivity contribution in [2.24, 2.45) is 0 Å². The first-order chi connectivity index (χ1) is 11.5. The molecule has 24 heavy (non-hydrogen) atoms. The molecule has 0 unspecified atom stereocenters. The molecule has 0 aliphatic heterocycles. The second-order valence-corrected chi connectivity index (χ2v) is 5.62. The van der Waals surface area contributed by atoms with Crippen LogP contribution >= 0.6 is 0 Å². The van der Waals surface area contributed by atoms with Crippen molar-refractivity contribution in [2.75, 3.05) is 5.32 Å². The van der Waals surface area contributed by atoms with E-state index in [9.17, 15) is 9.59 Å². The third-order valence-corrected chi connectivity index (χ3v) is 3.88. The van der Waals surface area contributed by atoms with Crippen LogP contribution in [0.25, 0.3) is 11.3 Å². The van der Waals surface area contributed by atoms with E-state index in [0.717, 1.165) is 16.7 Å². The number of aromatic amines is 1. The highest BCUT2D eigenvalue weighted by Gasteiger charge is 2.13. The number of H-pyrrole nitrogens is 1. The van der Waals surface area contributed by atoms with Crippen LogP contribution in [0.15, 0.2) is 59.4 Å². The number of nitrogens with one attached hydrogen (secondary N) is 2. The molecule has 2 aromatic carbocycles. The summed E-state index contributed by atoms with van der Waals surface area (Å²) in [6.45, 7) is 3.97. The number of carbonyl (C=O) groups is 1. The number of rotatable bonds is 3. The fourth-order valence-corrected chi connectivity index (χ4v) is 2.35. The van der Waals surface area contributed by atoms with Gasteiger partial charge in [0.1, 0.15) is 5.56 Å². The second kappa shape index (κ2) is 6.50. The Kier molecular flexibility index (Phi) is 4.24. The van der Waals surface area contributed by atoms with Crippen LogP contribution in [0.3, 0.4) is 0 Å². The quantitative estimate of drug-likeness (QED) is 0.778. The molecule has 2 N–H and O–H groups in total. The molecule has 1 heterocycles. The molecular formula is C19H17N3O2. The minimum Gasteiger partial charge on any atom is -0.322 e. The summed E-state index contributed by atoms with van der Waals surface area (Å²) in [4.78, 5) is 24.4. The monoisotopic (exact) mass is 319 g/mol. The normalized spacial score (nSPS) is 10.4. The van der Waals surface area contributed by atoms with Crippen LogP contribution in [0, 0.1) is 13.8 Å². The first-order valence-electron chi connectivity index (χ1n) is 7.58. The van der Waals surface area contributed by atoms with Crippen LogP contribution in [0.2, 0.25) is 0 Å². The number of aromatic nitrogens is 2. The zero-order chi connectivity index (χ0) is 17.1. The minimum absolute atomic E-state index is 0.0297. The average molecular weight is 319 g/mol. The molecule has 120 valence electrons. The third kappa shape index (κ3) is 3.25. The van der Waals surface area contributed by atoms with E-state index in [4.69, 9.17) is 0 Å². The Morgan fingerprint density at radius 1 is 1.00 bits per heavy atom. The van der Waals surface area contributed by atoms with Crippen molar-refractivity contribution in [2.45, 2.75) is 13.8 Å². The van der Waals surface area contributed by atoms with E-state index in [1.165, 1.54) is 6.07 Å².